The maximum atomic E-state index is 5.49. The predicted molar refractivity (Wildman–Crippen MR) is 83.5 cm³/mol. The van der Waals surface area contributed by atoms with E-state index in [1.807, 2.05) is 7.05 Å². The first-order valence-electron chi connectivity index (χ1n) is 6.88. The number of ether oxygens (including phenoxy) is 1. The van der Waals surface area contributed by atoms with Gasteiger partial charge in [0, 0.05) is 19.1 Å². The third-order valence-corrected chi connectivity index (χ3v) is 3.59. The molecule has 108 valence electrons. The van der Waals surface area contributed by atoms with Crippen LogP contribution < -0.4 is 15.0 Å². The average Bonchev–Trinajstić information content (AvgIpc) is 2.37. The van der Waals surface area contributed by atoms with Crippen molar-refractivity contribution in [3.8, 4) is 5.75 Å². The van der Waals surface area contributed by atoms with Crippen molar-refractivity contribution in [2.24, 2.45) is 0 Å². The summed E-state index contributed by atoms with van der Waals surface area (Å²) in [5.41, 5.74) is 2.55. The van der Waals surface area contributed by atoms with Crippen molar-refractivity contribution in [1.82, 2.24) is 5.32 Å². The van der Waals surface area contributed by atoms with Crippen LogP contribution >= 0.6 is 0 Å². The molecule has 0 heterocycles. The summed E-state index contributed by atoms with van der Waals surface area (Å²) in [4.78, 5) is 2.25. The van der Waals surface area contributed by atoms with Crippen molar-refractivity contribution in [2.75, 3.05) is 32.6 Å². The number of likely N-dealkylation sites (N-methyl/N-ethyl adjacent to an activating group) is 2. The molecular weight excluding hydrogens is 236 g/mol. The molecule has 3 nitrogen and oxygen atoms in total. The van der Waals surface area contributed by atoms with Gasteiger partial charge in [0.2, 0.25) is 0 Å². The van der Waals surface area contributed by atoms with Crippen molar-refractivity contribution in [2.45, 2.75) is 39.2 Å². The number of benzene rings is 1. The fourth-order valence-corrected chi connectivity index (χ4v) is 2.12. The summed E-state index contributed by atoms with van der Waals surface area (Å²) in [6.45, 7) is 9.73. The molecule has 0 spiro atoms. The lowest BCUT2D eigenvalue weighted by Crippen LogP contribution is -2.46. The van der Waals surface area contributed by atoms with E-state index in [9.17, 15) is 0 Å². The zero-order valence-corrected chi connectivity index (χ0v) is 13.4. The van der Waals surface area contributed by atoms with Crippen LogP contribution in [0.4, 0.5) is 5.69 Å². The lowest BCUT2D eigenvalue weighted by molar-refractivity contribution is 0.406. The molecule has 1 aromatic carbocycles. The molecule has 19 heavy (non-hydrogen) atoms. The molecule has 0 aliphatic rings. The van der Waals surface area contributed by atoms with E-state index in [1.165, 1.54) is 5.56 Å². The van der Waals surface area contributed by atoms with E-state index >= 15 is 0 Å². The number of hydrogen-bond acceptors (Lipinski definition) is 3. The fraction of sp³-hybridized carbons (Fsp3) is 0.625. The van der Waals surface area contributed by atoms with Crippen molar-refractivity contribution in [1.29, 1.82) is 0 Å². The average molecular weight is 264 g/mol. The molecule has 0 bridgehead atoms. The molecule has 0 fully saturated rings. The van der Waals surface area contributed by atoms with Crippen LogP contribution in [-0.4, -0.2) is 33.3 Å². The van der Waals surface area contributed by atoms with Crippen LogP contribution in [0.2, 0.25) is 0 Å². The molecule has 0 aliphatic heterocycles. The summed E-state index contributed by atoms with van der Waals surface area (Å²) in [7, 11) is 5.83. The third-order valence-electron chi connectivity index (χ3n) is 3.59. The van der Waals surface area contributed by atoms with Gasteiger partial charge in [-0.3, -0.25) is 0 Å². The van der Waals surface area contributed by atoms with Gasteiger partial charge >= 0.3 is 0 Å². The van der Waals surface area contributed by atoms with Crippen LogP contribution in [0.15, 0.2) is 18.2 Å². The second-order valence-electron chi connectivity index (χ2n) is 6.08. The minimum absolute atomic E-state index is 0.0631. The molecular formula is C16H28N2O. The van der Waals surface area contributed by atoms with Gasteiger partial charge in [-0.1, -0.05) is 19.9 Å². The van der Waals surface area contributed by atoms with E-state index < -0.39 is 0 Å². The van der Waals surface area contributed by atoms with Gasteiger partial charge in [-0.15, -0.1) is 0 Å². The Morgan fingerprint density at radius 3 is 2.42 bits per heavy atom. The lowest BCUT2D eigenvalue weighted by atomic mass is 10.0. The minimum atomic E-state index is 0.0631. The monoisotopic (exact) mass is 264 g/mol. The Morgan fingerprint density at radius 1 is 1.32 bits per heavy atom. The van der Waals surface area contributed by atoms with Crippen LogP contribution in [0, 0.1) is 0 Å². The second-order valence-corrected chi connectivity index (χ2v) is 6.08. The van der Waals surface area contributed by atoms with Gasteiger partial charge in [0.15, 0.2) is 0 Å². The van der Waals surface area contributed by atoms with Crippen LogP contribution in [-0.2, 0) is 0 Å². The Bertz CT molecular complexity index is 413. The maximum absolute atomic E-state index is 5.49. The number of methoxy groups -OCH3 is 1. The molecule has 0 unspecified atom stereocenters. The van der Waals surface area contributed by atoms with E-state index in [0.717, 1.165) is 18.0 Å². The highest BCUT2D eigenvalue weighted by Gasteiger charge is 2.20. The van der Waals surface area contributed by atoms with Gasteiger partial charge in [0.25, 0.3) is 0 Å². The quantitative estimate of drug-likeness (QED) is 0.853. The first kappa shape index (κ1) is 15.8. The van der Waals surface area contributed by atoms with Crippen LogP contribution in [0.3, 0.4) is 0 Å². The summed E-state index contributed by atoms with van der Waals surface area (Å²) in [6.07, 6.45) is 0. The van der Waals surface area contributed by atoms with E-state index in [0.29, 0.717) is 5.92 Å². The molecule has 0 saturated heterocycles. The van der Waals surface area contributed by atoms with Crippen LogP contribution in [0.1, 0.15) is 39.2 Å². The number of hydrogen-bond donors (Lipinski definition) is 1. The number of rotatable bonds is 6. The van der Waals surface area contributed by atoms with E-state index in [1.54, 1.807) is 7.11 Å². The molecule has 1 rings (SSSR count). The standard InChI is InChI=1S/C16H28N2O/c1-12(2)13-8-9-15(19-7)14(10-13)18(6)11-16(3,4)17-5/h8-10,12,17H,11H2,1-7H3. The van der Waals surface area contributed by atoms with Crippen molar-refractivity contribution in [3.63, 3.8) is 0 Å². The summed E-state index contributed by atoms with van der Waals surface area (Å²) in [5, 5.41) is 3.33. The highest BCUT2D eigenvalue weighted by Crippen LogP contribution is 2.31. The Morgan fingerprint density at radius 2 is 1.95 bits per heavy atom. The minimum Gasteiger partial charge on any atom is -0.495 e. The zero-order valence-electron chi connectivity index (χ0n) is 13.4. The highest BCUT2D eigenvalue weighted by molar-refractivity contribution is 5.60. The first-order chi connectivity index (χ1) is 8.80. The molecule has 3 heteroatoms. The second kappa shape index (κ2) is 6.29. The van der Waals surface area contributed by atoms with Gasteiger partial charge in [-0.05, 0) is 44.5 Å². The van der Waals surface area contributed by atoms with Crippen molar-refractivity contribution in [3.05, 3.63) is 23.8 Å². The smallest absolute Gasteiger partial charge is 0.142 e. The fourth-order valence-electron chi connectivity index (χ4n) is 2.12. The molecule has 0 saturated carbocycles. The summed E-state index contributed by atoms with van der Waals surface area (Å²) >= 11 is 0. The molecule has 0 radical (unpaired) electrons. The van der Waals surface area contributed by atoms with Gasteiger partial charge < -0.3 is 15.0 Å². The molecule has 0 aromatic heterocycles. The van der Waals surface area contributed by atoms with E-state index in [4.69, 9.17) is 4.74 Å². The van der Waals surface area contributed by atoms with Gasteiger partial charge in [0.1, 0.15) is 5.75 Å². The highest BCUT2D eigenvalue weighted by atomic mass is 16.5. The number of nitrogens with zero attached hydrogens (tertiary/aromatic N) is 1. The molecule has 1 N–H and O–H groups in total. The van der Waals surface area contributed by atoms with Crippen LogP contribution in [0.5, 0.6) is 5.75 Å². The third kappa shape index (κ3) is 4.13. The number of anilines is 1. The summed E-state index contributed by atoms with van der Waals surface area (Å²) < 4.78 is 5.49. The van der Waals surface area contributed by atoms with Gasteiger partial charge in [-0.25, -0.2) is 0 Å². The molecule has 0 amide bonds. The summed E-state index contributed by atoms with van der Waals surface area (Å²) in [5.74, 6) is 1.45. The Kier molecular flexibility index (Phi) is 5.24. The molecule has 1 aromatic rings. The SMILES string of the molecule is CNC(C)(C)CN(C)c1cc(C(C)C)ccc1OC. The van der Waals surface area contributed by atoms with Crippen molar-refractivity contribution >= 4 is 5.69 Å². The Labute approximate surface area is 118 Å². The Hall–Kier alpha value is -1.22. The lowest BCUT2D eigenvalue weighted by Gasteiger charge is -2.32. The largest absolute Gasteiger partial charge is 0.495 e. The predicted octanol–water partition coefficient (Wildman–Crippen LogP) is 3.25. The normalized spacial score (nSPS) is 11.8. The maximum Gasteiger partial charge on any atom is 0.142 e. The van der Waals surface area contributed by atoms with Gasteiger partial charge in [-0.2, -0.15) is 0 Å². The number of nitrogens with one attached hydrogen (secondary N) is 1. The first-order valence-corrected chi connectivity index (χ1v) is 6.88. The Balaban J connectivity index is 3.05. The summed E-state index contributed by atoms with van der Waals surface area (Å²) in [6, 6.07) is 6.44. The molecule has 0 atom stereocenters. The zero-order chi connectivity index (χ0) is 14.6. The van der Waals surface area contributed by atoms with E-state index in [-0.39, 0.29) is 5.54 Å². The topological polar surface area (TPSA) is 24.5 Å². The van der Waals surface area contributed by atoms with Crippen LogP contribution in [0.25, 0.3) is 0 Å². The van der Waals surface area contributed by atoms with E-state index in [2.05, 4.69) is 63.2 Å². The molecule has 0 aliphatic carbocycles. The van der Waals surface area contributed by atoms with Crippen molar-refractivity contribution < 1.29 is 4.74 Å². The van der Waals surface area contributed by atoms with Gasteiger partial charge in [0.05, 0.1) is 12.8 Å².